The monoisotopic (exact) mass is 312 g/mol. The fourth-order valence-electron chi connectivity index (χ4n) is 1.90. The van der Waals surface area contributed by atoms with Crippen molar-refractivity contribution in [3.8, 4) is 11.1 Å². The Bertz CT molecular complexity index is 456. The lowest BCUT2D eigenvalue weighted by Crippen LogP contribution is -2.08. The van der Waals surface area contributed by atoms with Crippen molar-refractivity contribution in [2.75, 3.05) is 38.0 Å². The first-order valence-electron chi connectivity index (χ1n) is 6.13. The van der Waals surface area contributed by atoms with Crippen LogP contribution >= 0.6 is 24.8 Å². The van der Waals surface area contributed by atoms with Gasteiger partial charge in [0.1, 0.15) is 0 Å². The minimum Gasteiger partial charge on any atom is -0.378 e. The van der Waals surface area contributed by atoms with Crippen molar-refractivity contribution in [1.82, 2.24) is 0 Å². The maximum atomic E-state index is 2.17. The van der Waals surface area contributed by atoms with E-state index in [0.29, 0.717) is 0 Å². The van der Waals surface area contributed by atoms with Gasteiger partial charge in [-0.25, -0.2) is 0 Å². The van der Waals surface area contributed by atoms with Gasteiger partial charge in [-0.05, 0) is 35.4 Å². The lowest BCUT2D eigenvalue weighted by Gasteiger charge is -2.14. The van der Waals surface area contributed by atoms with E-state index < -0.39 is 0 Å². The highest BCUT2D eigenvalue weighted by molar-refractivity contribution is 5.85. The number of hydrogen-bond acceptors (Lipinski definition) is 2. The van der Waals surface area contributed by atoms with Gasteiger partial charge in [0.2, 0.25) is 0 Å². The van der Waals surface area contributed by atoms with Crippen molar-refractivity contribution in [2.45, 2.75) is 0 Å². The molecule has 0 bridgehead atoms. The highest BCUT2D eigenvalue weighted by atomic mass is 35.5. The average molecular weight is 313 g/mol. The summed E-state index contributed by atoms with van der Waals surface area (Å²) < 4.78 is 0. The topological polar surface area (TPSA) is 6.48 Å². The molecule has 0 heterocycles. The summed E-state index contributed by atoms with van der Waals surface area (Å²) in [6, 6.07) is 17.3. The molecule has 0 saturated carbocycles. The van der Waals surface area contributed by atoms with Crippen LogP contribution in [0.5, 0.6) is 0 Å². The molecule has 0 aliphatic carbocycles. The standard InChI is InChI=1S/C16H20N2.2ClH/c1-17(2)15-9-5-13(6-10-15)14-7-11-16(12-8-14)18(3)4;;/h5-12H,1-4H3;2*1H. The Balaban J connectivity index is 0.00000180. The molecule has 0 saturated heterocycles. The summed E-state index contributed by atoms with van der Waals surface area (Å²) >= 11 is 0. The first kappa shape index (κ1) is 18.6. The Labute approximate surface area is 134 Å². The molecule has 20 heavy (non-hydrogen) atoms. The molecule has 0 aliphatic rings. The third-order valence-electron chi connectivity index (χ3n) is 3.10. The zero-order valence-electron chi connectivity index (χ0n) is 12.3. The lowest BCUT2D eigenvalue weighted by atomic mass is 10.0. The maximum Gasteiger partial charge on any atom is 0.0361 e. The molecule has 4 heteroatoms. The van der Waals surface area contributed by atoms with E-state index in [-0.39, 0.29) is 24.8 Å². The van der Waals surface area contributed by atoms with Crippen LogP contribution in [0.4, 0.5) is 11.4 Å². The Morgan fingerprint density at radius 1 is 0.500 bits per heavy atom. The fraction of sp³-hybridized carbons (Fsp3) is 0.250. The van der Waals surface area contributed by atoms with Gasteiger partial charge in [-0.15, -0.1) is 24.8 Å². The summed E-state index contributed by atoms with van der Waals surface area (Å²) in [6.07, 6.45) is 0. The SMILES string of the molecule is CN(C)c1ccc(-c2ccc(N(C)C)cc2)cc1.Cl.Cl. The van der Waals surface area contributed by atoms with E-state index in [2.05, 4.69) is 86.5 Å². The van der Waals surface area contributed by atoms with E-state index >= 15 is 0 Å². The Morgan fingerprint density at radius 2 is 0.750 bits per heavy atom. The van der Waals surface area contributed by atoms with Crippen molar-refractivity contribution in [3.63, 3.8) is 0 Å². The van der Waals surface area contributed by atoms with Gasteiger partial charge in [0.15, 0.2) is 0 Å². The largest absolute Gasteiger partial charge is 0.378 e. The van der Waals surface area contributed by atoms with Gasteiger partial charge in [0.05, 0.1) is 0 Å². The van der Waals surface area contributed by atoms with E-state index in [1.54, 1.807) is 0 Å². The first-order valence-corrected chi connectivity index (χ1v) is 6.13. The molecule has 2 aromatic carbocycles. The summed E-state index contributed by atoms with van der Waals surface area (Å²) in [5, 5.41) is 0. The highest BCUT2D eigenvalue weighted by Crippen LogP contribution is 2.24. The number of halogens is 2. The molecular formula is C16H22Cl2N2. The smallest absolute Gasteiger partial charge is 0.0361 e. The summed E-state index contributed by atoms with van der Waals surface area (Å²) in [5.74, 6) is 0. The fourth-order valence-corrected chi connectivity index (χ4v) is 1.90. The van der Waals surface area contributed by atoms with Gasteiger partial charge < -0.3 is 9.80 Å². The lowest BCUT2D eigenvalue weighted by molar-refractivity contribution is 1.13. The molecule has 0 aromatic heterocycles. The Morgan fingerprint density at radius 3 is 0.950 bits per heavy atom. The number of hydrogen-bond donors (Lipinski definition) is 0. The van der Waals surface area contributed by atoms with Gasteiger partial charge in [0.25, 0.3) is 0 Å². The van der Waals surface area contributed by atoms with Crippen LogP contribution in [0.25, 0.3) is 11.1 Å². The van der Waals surface area contributed by atoms with Crippen LogP contribution in [-0.2, 0) is 0 Å². The number of nitrogens with zero attached hydrogens (tertiary/aromatic N) is 2. The zero-order valence-corrected chi connectivity index (χ0v) is 14.0. The van der Waals surface area contributed by atoms with Crippen molar-refractivity contribution >= 4 is 36.2 Å². The Hall–Kier alpha value is -1.38. The summed E-state index contributed by atoms with van der Waals surface area (Å²) in [7, 11) is 8.23. The van der Waals surface area contributed by atoms with Crippen molar-refractivity contribution in [1.29, 1.82) is 0 Å². The van der Waals surface area contributed by atoms with E-state index in [0.717, 1.165) is 0 Å². The predicted octanol–water partition coefficient (Wildman–Crippen LogP) is 4.33. The molecule has 0 unspecified atom stereocenters. The number of rotatable bonds is 3. The zero-order chi connectivity index (χ0) is 13.1. The molecule has 0 N–H and O–H groups in total. The summed E-state index contributed by atoms with van der Waals surface area (Å²) in [5.41, 5.74) is 4.96. The summed E-state index contributed by atoms with van der Waals surface area (Å²) in [6.45, 7) is 0. The van der Waals surface area contributed by atoms with E-state index in [9.17, 15) is 0 Å². The van der Waals surface area contributed by atoms with Gasteiger partial charge in [-0.3, -0.25) is 0 Å². The van der Waals surface area contributed by atoms with Gasteiger partial charge in [-0.1, -0.05) is 24.3 Å². The third kappa shape index (κ3) is 4.32. The molecule has 0 amide bonds. The minimum atomic E-state index is 0. The quantitative estimate of drug-likeness (QED) is 0.832. The van der Waals surface area contributed by atoms with Gasteiger partial charge in [0, 0.05) is 39.6 Å². The van der Waals surface area contributed by atoms with Crippen molar-refractivity contribution < 1.29 is 0 Å². The normalized spacial score (nSPS) is 9.20. The number of anilines is 2. The second-order valence-electron chi connectivity index (χ2n) is 4.88. The van der Waals surface area contributed by atoms with E-state index in [4.69, 9.17) is 0 Å². The molecule has 0 aliphatic heterocycles. The molecule has 0 radical (unpaired) electrons. The second kappa shape index (κ2) is 8.03. The highest BCUT2D eigenvalue weighted by Gasteiger charge is 2.00. The molecular weight excluding hydrogens is 291 g/mol. The van der Waals surface area contributed by atoms with Crippen LogP contribution in [-0.4, -0.2) is 28.2 Å². The van der Waals surface area contributed by atoms with Crippen molar-refractivity contribution in [2.24, 2.45) is 0 Å². The van der Waals surface area contributed by atoms with Crippen molar-refractivity contribution in [3.05, 3.63) is 48.5 Å². The molecule has 0 atom stereocenters. The molecule has 2 rings (SSSR count). The first-order chi connectivity index (χ1) is 8.58. The third-order valence-corrected chi connectivity index (χ3v) is 3.10. The van der Waals surface area contributed by atoms with Crippen LogP contribution in [0, 0.1) is 0 Å². The average Bonchev–Trinajstić information content (AvgIpc) is 2.39. The Kier molecular flexibility index (Phi) is 7.48. The minimum absolute atomic E-state index is 0. The molecule has 0 spiro atoms. The van der Waals surface area contributed by atoms with Gasteiger partial charge >= 0.3 is 0 Å². The van der Waals surface area contributed by atoms with Crippen LogP contribution in [0.1, 0.15) is 0 Å². The molecule has 2 nitrogen and oxygen atoms in total. The van der Waals surface area contributed by atoms with Gasteiger partial charge in [-0.2, -0.15) is 0 Å². The molecule has 2 aromatic rings. The predicted molar refractivity (Wildman–Crippen MR) is 95.0 cm³/mol. The number of benzene rings is 2. The van der Waals surface area contributed by atoms with E-state index in [1.165, 1.54) is 22.5 Å². The summed E-state index contributed by atoms with van der Waals surface area (Å²) in [4.78, 5) is 4.22. The van der Waals surface area contributed by atoms with E-state index in [1.807, 2.05) is 0 Å². The van der Waals surface area contributed by atoms with Crippen LogP contribution < -0.4 is 9.80 Å². The van der Waals surface area contributed by atoms with Crippen LogP contribution in [0.2, 0.25) is 0 Å². The van der Waals surface area contributed by atoms with Crippen LogP contribution in [0.15, 0.2) is 48.5 Å². The molecule has 110 valence electrons. The molecule has 0 fully saturated rings. The maximum absolute atomic E-state index is 2.17. The van der Waals surface area contributed by atoms with Crippen LogP contribution in [0.3, 0.4) is 0 Å². The second-order valence-corrected chi connectivity index (χ2v) is 4.88.